The number of para-hydroxylation sites is 2. The molecule has 0 spiro atoms. The molecule has 0 aliphatic rings. The maximum absolute atomic E-state index is 12.5. The van der Waals surface area contributed by atoms with Crippen molar-refractivity contribution in [2.75, 3.05) is 0 Å². The van der Waals surface area contributed by atoms with Crippen molar-refractivity contribution in [3.8, 4) is 11.5 Å². The molecule has 5 aromatic rings. The van der Waals surface area contributed by atoms with Crippen LogP contribution in [0.25, 0.3) is 22.5 Å². The second-order valence-electron chi connectivity index (χ2n) is 7.24. The van der Waals surface area contributed by atoms with Gasteiger partial charge in [0.25, 0.3) is 5.91 Å². The lowest BCUT2D eigenvalue weighted by Gasteiger charge is -2.08. The number of fused-ring (bicyclic) bond motifs is 1. The number of hydrogen-bond donors (Lipinski definition) is 1. The van der Waals surface area contributed by atoms with Gasteiger partial charge in [-0.15, -0.1) is 0 Å². The fraction of sp³-hybridized carbons (Fsp3) is 0.0833. The van der Waals surface area contributed by atoms with Gasteiger partial charge in [-0.05, 0) is 61.0 Å². The van der Waals surface area contributed by atoms with Crippen LogP contribution >= 0.6 is 0 Å². The Kier molecular flexibility index (Phi) is 4.76. The average molecular weight is 408 g/mol. The molecule has 0 aliphatic carbocycles. The zero-order chi connectivity index (χ0) is 21.2. The first-order valence-electron chi connectivity index (χ1n) is 9.96. The van der Waals surface area contributed by atoms with E-state index in [9.17, 15) is 4.79 Å². The molecule has 0 fully saturated rings. The van der Waals surface area contributed by atoms with Gasteiger partial charge in [-0.1, -0.05) is 18.2 Å². The number of nitrogens with one attached hydrogen (secondary N) is 1. The average Bonchev–Trinajstić information content (AvgIpc) is 3.44. The van der Waals surface area contributed by atoms with Gasteiger partial charge < -0.3 is 5.32 Å². The maximum atomic E-state index is 12.5. The van der Waals surface area contributed by atoms with Gasteiger partial charge in [0.05, 0.1) is 16.7 Å². The Morgan fingerprint density at radius 1 is 0.968 bits per heavy atom. The molecule has 0 unspecified atom stereocenters. The molecule has 3 heterocycles. The van der Waals surface area contributed by atoms with Crippen LogP contribution in [-0.2, 0) is 6.54 Å². The van der Waals surface area contributed by atoms with Gasteiger partial charge in [0.1, 0.15) is 12.1 Å². The number of hydrogen-bond acceptors (Lipinski definition) is 4. The topological polar surface area (TPSA) is 77.6 Å². The van der Waals surface area contributed by atoms with Crippen molar-refractivity contribution in [3.63, 3.8) is 0 Å². The van der Waals surface area contributed by atoms with Crippen LogP contribution in [0.15, 0.2) is 85.5 Å². The number of imidazole rings is 1. The van der Waals surface area contributed by atoms with E-state index in [0.29, 0.717) is 12.1 Å². The zero-order valence-corrected chi connectivity index (χ0v) is 16.9. The second kappa shape index (κ2) is 7.87. The van der Waals surface area contributed by atoms with Gasteiger partial charge in [-0.2, -0.15) is 5.10 Å². The molecule has 1 amide bonds. The number of aromatic nitrogens is 5. The molecule has 3 aromatic heterocycles. The van der Waals surface area contributed by atoms with Crippen molar-refractivity contribution >= 4 is 16.9 Å². The number of nitrogens with zero attached hydrogens (tertiary/aromatic N) is 5. The van der Waals surface area contributed by atoms with E-state index in [1.165, 1.54) is 0 Å². The van der Waals surface area contributed by atoms with Crippen molar-refractivity contribution in [2.24, 2.45) is 0 Å². The van der Waals surface area contributed by atoms with Crippen molar-refractivity contribution < 1.29 is 4.79 Å². The molecule has 0 radical (unpaired) electrons. The highest BCUT2D eigenvalue weighted by atomic mass is 16.1. The number of carbonyl (C=O) groups excluding carboxylic acids is 1. The number of rotatable bonds is 5. The van der Waals surface area contributed by atoms with Crippen molar-refractivity contribution in [1.29, 1.82) is 0 Å². The van der Waals surface area contributed by atoms with E-state index in [0.717, 1.165) is 33.8 Å². The Hall–Kier alpha value is -4.26. The van der Waals surface area contributed by atoms with Gasteiger partial charge >= 0.3 is 0 Å². The summed E-state index contributed by atoms with van der Waals surface area (Å²) in [6.07, 6.45) is 5.29. The Morgan fingerprint density at radius 2 is 1.81 bits per heavy atom. The third-order valence-corrected chi connectivity index (χ3v) is 5.17. The van der Waals surface area contributed by atoms with Gasteiger partial charge in [-0.25, -0.2) is 14.6 Å². The lowest BCUT2D eigenvalue weighted by Crippen LogP contribution is -2.22. The summed E-state index contributed by atoms with van der Waals surface area (Å²) in [5.74, 6) is 0.654. The van der Waals surface area contributed by atoms with E-state index in [4.69, 9.17) is 0 Å². The van der Waals surface area contributed by atoms with Gasteiger partial charge in [0.2, 0.25) is 0 Å². The monoisotopic (exact) mass is 408 g/mol. The highest BCUT2D eigenvalue weighted by molar-refractivity contribution is 5.94. The van der Waals surface area contributed by atoms with Crippen LogP contribution in [0.3, 0.4) is 0 Å². The van der Waals surface area contributed by atoms with Crippen LogP contribution in [0, 0.1) is 6.92 Å². The van der Waals surface area contributed by atoms with Gasteiger partial charge in [0.15, 0.2) is 0 Å². The summed E-state index contributed by atoms with van der Waals surface area (Å²) in [6.45, 7) is 2.39. The maximum Gasteiger partial charge on any atom is 0.251 e. The minimum absolute atomic E-state index is 0.131. The molecule has 0 atom stereocenters. The smallest absolute Gasteiger partial charge is 0.251 e. The van der Waals surface area contributed by atoms with Crippen LogP contribution in [0.5, 0.6) is 0 Å². The Bertz CT molecular complexity index is 1350. The first kappa shape index (κ1) is 18.7. The van der Waals surface area contributed by atoms with Crippen LogP contribution in [0.4, 0.5) is 0 Å². The molecule has 31 heavy (non-hydrogen) atoms. The Labute approximate surface area is 179 Å². The summed E-state index contributed by atoms with van der Waals surface area (Å²) in [4.78, 5) is 21.4. The van der Waals surface area contributed by atoms with Crippen molar-refractivity contribution in [2.45, 2.75) is 13.5 Å². The van der Waals surface area contributed by atoms with E-state index in [2.05, 4.69) is 20.4 Å². The quantitative estimate of drug-likeness (QED) is 0.479. The molecule has 0 saturated carbocycles. The number of benzene rings is 2. The molecule has 7 nitrogen and oxygen atoms in total. The molecule has 2 aromatic carbocycles. The molecule has 5 rings (SSSR count). The summed E-state index contributed by atoms with van der Waals surface area (Å²) in [5, 5.41) is 7.23. The summed E-state index contributed by atoms with van der Waals surface area (Å²) >= 11 is 0. The standard InChI is InChI=1S/C24H20N6O/c1-17-12-13-28-30(17)20-9-7-19(8-10-20)24(31)26-15-18-6-11-23(25-14-18)29-16-27-21-4-2-3-5-22(21)29/h2-14,16H,15H2,1H3,(H,26,31). The largest absolute Gasteiger partial charge is 0.348 e. The molecule has 1 N–H and O–H groups in total. The fourth-order valence-electron chi connectivity index (χ4n) is 3.48. The predicted molar refractivity (Wildman–Crippen MR) is 118 cm³/mol. The number of amides is 1. The van der Waals surface area contributed by atoms with E-state index >= 15 is 0 Å². The SMILES string of the molecule is Cc1ccnn1-c1ccc(C(=O)NCc2ccc(-n3cnc4ccccc43)nc2)cc1. The minimum Gasteiger partial charge on any atom is -0.348 e. The van der Waals surface area contributed by atoms with E-state index < -0.39 is 0 Å². The van der Waals surface area contributed by atoms with E-state index in [-0.39, 0.29) is 5.91 Å². The zero-order valence-electron chi connectivity index (χ0n) is 16.9. The minimum atomic E-state index is -0.131. The molecule has 152 valence electrons. The first-order valence-corrected chi connectivity index (χ1v) is 9.96. The summed E-state index contributed by atoms with van der Waals surface area (Å²) in [6, 6.07) is 21.1. The summed E-state index contributed by atoms with van der Waals surface area (Å²) in [5.41, 5.74) is 5.41. The van der Waals surface area contributed by atoms with E-state index in [1.807, 2.05) is 70.8 Å². The Morgan fingerprint density at radius 3 is 2.55 bits per heavy atom. The number of aryl methyl sites for hydroxylation is 1. The fourth-order valence-corrected chi connectivity index (χ4v) is 3.48. The van der Waals surface area contributed by atoms with Crippen LogP contribution in [0.2, 0.25) is 0 Å². The highest BCUT2D eigenvalue weighted by Gasteiger charge is 2.08. The normalized spacial score (nSPS) is 11.0. The third kappa shape index (κ3) is 3.69. The first-order chi connectivity index (χ1) is 15.2. The highest BCUT2D eigenvalue weighted by Crippen LogP contribution is 2.16. The predicted octanol–water partition coefficient (Wildman–Crippen LogP) is 3.84. The lowest BCUT2D eigenvalue weighted by molar-refractivity contribution is 0.0951. The lowest BCUT2D eigenvalue weighted by atomic mass is 10.2. The number of pyridine rings is 1. The van der Waals surface area contributed by atoms with Crippen LogP contribution < -0.4 is 5.32 Å². The Balaban J connectivity index is 1.25. The molecule has 0 saturated heterocycles. The summed E-state index contributed by atoms with van der Waals surface area (Å²) in [7, 11) is 0. The second-order valence-corrected chi connectivity index (χ2v) is 7.24. The van der Waals surface area contributed by atoms with Crippen LogP contribution in [-0.4, -0.2) is 30.2 Å². The summed E-state index contributed by atoms with van der Waals surface area (Å²) < 4.78 is 3.78. The van der Waals surface area contributed by atoms with Crippen molar-refractivity contribution in [1.82, 2.24) is 29.6 Å². The molecular formula is C24H20N6O. The van der Waals surface area contributed by atoms with Gasteiger partial charge in [0, 0.05) is 30.2 Å². The van der Waals surface area contributed by atoms with E-state index in [1.54, 1.807) is 30.9 Å². The van der Waals surface area contributed by atoms with Crippen molar-refractivity contribution in [3.05, 3.63) is 102 Å². The molecule has 0 aliphatic heterocycles. The molecule has 0 bridgehead atoms. The number of carbonyl (C=O) groups is 1. The van der Waals surface area contributed by atoms with Crippen LogP contribution in [0.1, 0.15) is 21.6 Å². The third-order valence-electron chi connectivity index (χ3n) is 5.17. The molecule has 7 heteroatoms. The van der Waals surface area contributed by atoms with Gasteiger partial charge in [-0.3, -0.25) is 9.36 Å². The molecular weight excluding hydrogens is 388 g/mol.